The lowest BCUT2D eigenvalue weighted by Gasteiger charge is -2.12. The molecule has 0 fully saturated rings. The van der Waals surface area contributed by atoms with Gasteiger partial charge in [-0.15, -0.1) is 5.10 Å². The van der Waals surface area contributed by atoms with E-state index in [1.54, 1.807) is 53.2 Å². The lowest BCUT2D eigenvalue weighted by Crippen LogP contribution is -2.03. The van der Waals surface area contributed by atoms with Crippen molar-refractivity contribution in [2.45, 2.75) is 6.92 Å². The summed E-state index contributed by atoms with van der Waals surface area (Å²) >= 11 is 6.02. The summed E-state index contributed by atoms with van der Waals surface area (Å²) in [5.74, 6) is -1.05. The summed E-state index contributed by atoms with van der Waals surface area (Å²) in [5.41, 5.74) is 3.92. The van der Waals surface area contributed by atoms with Gasteiger partial charge in [0.05, 0.1) is 16.2 Å². The Balaban J connectivity index is 1.97. The number of carbonyl (C=O) groups is 1. The van der Waals surface area contributed by atoms with Gasteiger partial charge in [-0.05, 0) is 48.9 Å². The minimum atomic E-state index is -1.05. The first-order valence-electron chi connectivity index (χ1n) is 9.16. The van der Waals surface area contributed by atoms with Crippen LogP contribution in [0.25, 0.3) is 28.2 Å². The molecule has 154 valence electrons. The fourth-order valence-corrected chi connectivity index (χ4v) is 3.36. The van der Waals surface area contributed by atoms with Gasteiger partial charge in [-0.3, -0.25) is 10.1 Å². The summed E-state index contributed by atoms with van der Waals surface area (Å²) in [6.45, 7) is 1.86. The SMILES string of the molecule is Cc1ccc(C(=O)O)cc1-c1c(-c2ccc(Cl)cc2)nnn1-c1ccc([N+](=O)[O-])cc1. The Labute approximate surface area is 181 Å². The van der Waals surface area contributed by atoms with Crippen molar-refractivity contribution in [2.24, 2.45) is 0 Å². The van der Waals surface area contributed by atoms with Gasteiger partial charge in [0, 0.05) is 28.3 Å². The van der Waals surface area contributed by atoms with Crippen LogP contribution in [-0.2, 0) is 0 Å². The minimum absolute atomic E-state index is 0.0487. The average molecular weight is 435 g/mol. The number of aromatic nitrogens is 3. The summed E-state index contributed by atoms with van der Waals surface area (Å²) in [6, 6.07) is 17.8. The van der Waals surface area contributed by atoms with E-state index >= 15 is 0 Å². The molecule has 4 aromatic rings. The molecule has 1 N–H and O–H groups in total. The molecule has 0 saturated carbocycles. The lowest BCUT2D eigenvalue weighted by molar-refractivity contribution is -0.384. The number of halogens is 1. The van der Waals surface area contributed by atoms with Crippen LogP contribution >= 0.6 is 11.6 Å². The van der Waals surface area contributed by atoms with Gasteiger partial charge in [0.1, 0.15) is 11.4 Å². The van der Waals surface area contributed by atoms with Crippen LogP contribution in [0.3, 0.4) is 0 Å². The van der Waals surface area contributed by atoms with E-state index in [0.29, 0.717) is 27.7 Å². The molecule has 8 nitrogen and oxygen atoms in total. The molecule has 0 unspecified atom stereocenters. The van der Waals surface area contributed by atoms with E-state index in [4.69, 9.17) is 11.6 Å². The smallest absolute Gasteiger partial charge is 0.335 e. The summed E-state index contributed by atoms with van der Waals surface area (Å²) in [6.07, 6.45) is 0. The van der Waals surface area contributed by atoms with Gasteiger partial charge in [-0.1, -0.05) is 35.0 Å². The van der Waals surface area contributed by atoms with Gasteiger partial charge in [-0.25, -0.2) is 9.48 Å². The van der Waals surface area contributed by atoms with Gasteiger partial charge in [0.25, 0.3) is 5.69 Å². The zero-order valence-electron chi connectivity index (χ0n) is 16.2. The quantitative estimate of drug-likeness (QED) is 0.342. The Hall–Kier alpha value is -4.04. The third-order valence-electron chi connectivity index (χ3n) is 4.83. The molecule has 9 heteroatoms. The molecule has 0 aliphatic carbocycles. The number of hydrogen-bond donors (Lipinski definition) is 1. The third-order valence-corrected chi connectivity index (χ3v) is 5.08. The van der Waals surface area contributed by atoms with Crippen molar-refractivity contribution in [3.8, 4) is 28.2 Å². The van der Waals surface area contributed by atoms with E-state index in [-0.39, 0.29) is 11.3 Å². The number of nitro benzene ring substituents is 1. The Bertz CT molecular complexity index is 1300. The first-order valence-corrected chi connectivity index (χ1v) is 9.54. The fourth-order valence-electron chi connectivity index (χ4n) is 3.23. The highest BCUT2D eigenvalue weighted by Crippen LogP contribution is 2.35. The summed E-state index contributed by atoms with van der Waals surface area (Å²) in [4.78, 5) is 22.1. The maximum atomic E-state index is 11.6. The Kier molecular flexibility index (Phi) is 5.22. The van der Waals surface area contributed by atoms with Crippen molar-refractivity contribution < 1.29 is 14.8 Å². The van der Waals surface area contributed by atoms with Crippen LogP contribution < -0.4 is 0 Å². The van der Waals surface area contributed by atoms with Crippen LogP contribution in [0.2, 0.25) is 5.02 Å². The molecule has 1 heterocycles. The maximum Gasteiger partial charge on any atom is 0.335 e. The topological polar surface area (TPSA) is 111 Å². The minimum Gasteiger partial charge on any atom is -0.478 e. The number of hydrogen-bond acceptors (Lipinski definition) is 5. The molecule has 0 atom stereocenters. The van der Waals surface area contributed by atoms with Gasteiger partial charge in [-0.2, -0.15) is 0 Å². The number of rotatable bonds is 5. The lowest BCUT2D eigenvalue weighted by atomic mass is 9.98. The highest BCUT2D eigenvalue weighted by Gasteiger charge is 2.21. The van der Waals surface area contributed by atoms with Crippen LogP contribution in [-0.4, -0.2) is 31.0 Å². The summed E-state index contributed by atoms with van der Waals surface area (Å²) in [5, 5.41) is 29.6. The van der Waals surface area contributed by atoms with Crippen molar-refractivity contribution in [3.05, 3.63) is 93.0 Å². The number of benzene rings is 3. The molecule has 0 bridgehead atoms. The van der Waals surface area contributed by atoms with Crippen LogP contribution in [0.5, 0.6) is 0 Å². The van der Waals surface area contributed by atoms with Crippen LogP contribution in [0.4, 0.5) is 5.69 Å². The fraction of sp³-hybridized carbons (Fsp3) is 0.0455. The molecule has 0 aliphatic heterocycles. The zero-order valence-corrected chi connectivity index (χ0v) is 16.9. The molecule has 3 aromatic carbocycles. The van der Waals surface area contributed by atoms with E-state index < -0.39 is 10.9 Å². The van der Waals surface area contributed by atoms with Crippen molar-refractivity contribution in [2.75, 3.05) is 0 Å². The number of nitrogens with zero attached hydrogens (tertiary/aromatic N) is 4. The maximum absolute atomic E-state index is 11.6. The van der Waals surface area contributed by atoms with Gasteiger partial charge in [0.15, 0.2) is 0 Å². The highest BCUT2D eigenvalue weighted by molar-refractivity contribution is 6.30. The van der Waals surface area contributed by atoms with Crippen molar-refractivity contribution >= 4 is 23.3 Å². The number of nitro groups is 1. The van der Waals surface area contributed by atoms with E-state index in [1.165, 1.54) is 18.2 Å². The van der Waals surface area contributed by atoms with Gasteiger partial charge >= 0.3 is 5.97 Å². The van der Waals surface area contributed by atoms with Crippen molar-refractivity contribution in [1.29, 1.82) is 0 Å². The van der Waals surface area contributed by atoms with E-state index in [0.717, 1.165) is 11.1 Å². The zero-order chi connectivity index (χ0) is 22.1. The first-order chi connectivity index (χ1) is 14.8. The normalized spacial score (nSPS) is 10.8. The number of non-ortho nitro benzene ring substituents is 1. The molecule has 4 rings (SSSR count). The highest BCUT2D eigenvalue weighted by atomic mass is 35.5. The molecule has 0 spiro atoms. The Morgan fingerprint density at radius 3 is 2.35 bits per heavy atom. The molecular formula is C22H15ClN4O4. The molecule has 0 saturated heterocycles. The monoisotopic (exact) mass is 434 g/mol. The second-order valence-electron chi connectivity index (χ2n) is 6.81. The Morgan fingerprint density at radius 2 is 1.74 bits per heavy atom. The van der Waals surface area contributed by atoms with Crippen molar-refractivity contribution in [3.63, 3.8) is 0 Å². The van der Waals surface area contributed by atoms with Crippen LogP contribution in [0, 0.1) is 17.0 Å². The van der Waals surface area contributed by atoms with E-state index in [1.807, 2.05) is 6.92 Å². The number of carboxylic acid groups (broad SMARTS) is 1. The number of aryl methyl sites for hydroxylation is 1. The average Bonchev–Trinajstić information content (AvgIpc) is 3.19. The Morgan fingerprint density at radius 1 is 1.06 bits per heavy atom. The largest absolute Gasteiger partial charge is 0.478 e. The second-order valence-corrected chi connectivity index (χ2v) is 7.25. The molecule has 0 amide bonds. The molecule has 0 radical (unpaired) electrons. The predicted molar refractivity (Wildman–Crippen MR) is 116 cm³/mol. The van der Waals surface area contributed by atoms with Crippen LogP contribution in [0.15, 0.2) is 66.7 Å². The molecule has 31 heavy (non-hydrogen) atoms. The van der Waals surface area contributed by atoms with E-state index in [9.17, 15) is 20.0 Å². The molecular weight excluding hydrogens is 420 g/mol. The summed E-state index contributed by atoms with van der Waals surface area (Å²) in [7, 11) is 0. The summed E-state index contributed by atoms with van der Waals surface area (Å²) < 4.78 is 1.54. The van der Waals surface area contributed by atoms with Crippen LogP contribution in [0.1, 0.15) is 15.9 Å². The van der Waals surface area contributed by atoms with Gasteiger partial charge in [0.2, 0.25) is 0 Å². The molecule has 0 aliphatic rings. The standard InChI is InChI=1S/C22H15ClN4O4/c1-13-2-3-15(22(28)29)12-19(13)21-20(14-4-6-16(23)7-5-14)24-25-26(21)17-8-10-18(11-9-17)27(30)31/h2-12H,1H3,(H,28,29). The number of aromatic carboxylic acids is 1. The number of carboxylic acids is 1. The van der Waals surface area contributed by atoms with E-state index in [2.05, 4.69) is 10.3 Å². The second kappa shape index (κ2) is 8.00. The first kappa shape index (κ1) is 20.2. The van der Waals surface area contributed by atoms with Gasteiger partial charge < -0.3 is 5.11 Å². The molecule has 1 aromatic heterocycles. The van der Waals surface area contributed by atoms with Crippen molar-refractivity contribution in [1.82, 2.24) is 15.0 Å². The predicted octanol–water partition coefficient (Wildman–Crippen LogP) is 5.17. The third kappa shape index (κ3) is 3.88.